The van der Waals surface area contributed by atoms with E-state index in [1.54, 1.807) is 6.20 Å². The van der Waals surface area contributed by atoms with Gasteiger partial charge < -0.3 is 15.1 Å². The van der Waals surface area contributed by atoms with Gasteiger partial charge in [0.05, 0.1) is 5.56 Å². The van der Waals surface area contributed by atoms with Crippen LogP contribution in [0, 0.1) is 0 Å². The third-order valence-electron chi connectivity index (χ3n) is 5.02. The summed E-state index contributed by atoms with van der Waals surface area (Å²) in [6.07, 6.45) is 1.67. The highest BCUT2D eigenvalue weighted by Crippen LogP contribution is 2.17. The van der Waals surface area contributed by atoms with Gasteiger partial charge >= 0.3 is 0 Å². The van der Waals surface area contributed by atoms with Gasteiger partial charge in [-0.05, 0) is 29.8 Å². The predicted octanol–water partition coefficient (Wildman–Crippen LogP) is 3.66. The molecule has 4 rings (SSSR count). The molecule has 2 aromatic carbocycles. The highest BCUT2D eigenvalue weighted by molar-refractivity contribution is 5.94. The van der Waals surface area contributed by atoms with E-state index in [-0.39, 0.29) is 5.91 Å². The number of para-hydroxylation sites is 1. The minimum atomic E-state index is 0.0508. The zero-order chi connectivity index (χ0) is 19.2. The van der Waals surface area contributed by atoms with Crippen molar-refractivity contribution in [1.82, 2.24) is 9.88 Å². The van der Waals surface area contributed by atoms with Crippen LogP contribution in [0.2, 0.25) is 0 Å². The van der Waals surface area contributed by atoms with Crippen molar-refractivity contribution in [2.75, 3.05) is 36.4 Å². The standard InChI is InChI=1S/C23H24N4O/c28-23(27-15-13-26(14-16-27)21-9-5-2-6-10-21)20-11-12-22(25-18-20)24-17-19-7-3-1-4-8-19/h1-12,18H,13-17H2,(H,24,25). The van der Waals surface area contributed by atoms with E-state index < -0.39 is 0 Å². The summed E-state index contributed by atoms with van der Waals surface area (Å²) in [5, 5.41) is 3.29. The van der Waals surface area contributed by atoms with E-state index in [2.05, 4.69) is 39.5 Å². The molecule has 3 aromatic rings. The number of amides is 1. The molecule has 2 heterocycles. The van der Waals surface area contributed by atoms with E-state index in [0.717, 1.165) is 32.0 Å². The van der Waals surface area contributed by atoms with Crippen LogP contribution in [-0.4, -0.2) is 42.0 Å². The maximum absolute atomic E-state index is 12.8. The molecule has 0 unspecified atom stereocenters. The molecule has 0 spiro atoms. The van der Waals surface area contributed by atoms with Crippen LogP contribution in [0.25, 0.3) is 0 Å². The quantitative estimate of drug-likeness (QED) is 0.743. The third-order valence-corrected chi connectivity index (χ3v) is 5.02. The number of carbonyl (C=O) groups is 1. The van der Waals surface area contributed by atoms with Gasteiger partial charge in [0.25, 0.3) is 5.91 Å². The second-order valence-corrected chi connectivity index (χ2v) is 6.89. The van der Waals surface area contributed by atoms with Crippen LogP contribution in [0.15, 0.2) is 79.0 Å². The van der Waals surface area contributed by atoms with Crippen LogP contribution in [0.5, 0.6) is 0 Å². The molecule has 28 heavy (non-hydrogen) atoms. The molecule has 5 nitrogen and oxygen atoms in total. The van der Waals surface area contributed by atoms with E-state index >= 15 is 0 Å². The van der Waals surface area contributed by atoms with Gasteiger partial charge in [-0.15, -0.1) is 0 Å². The summed E-state index contributed by atoms with van der Waals surface area (Å²) >= 11 is 0. The van der Waals surface area contributed by atoms with Crippen molar-refractivity contribution in [1.29, 1.82) is 0 Å². The highest BCUT2D eigenvalue weighted by Gasteiger charge is 2.22. The van der Waals surface area contributed by atoms with Gasteiger partial charge in [0.2, 0.25) is 0 Å². The number of hydrogen-bond acceptors (Lipinski definition) is 4. The van der Waals surface area contributed by atoms with Crippen molar-refractivity contribution in [3.05, 3.63) is 90.1 Å². The van der Waals surface area contributed by atoms with Crippen molar-refractivity contribution < 1.29 is 4.79 Å². The first-order valence-electron chi connectivity index (χ1n) is 9.63. The third kappa shape index (κ3) is 4.31. The average molecular weight is 372 g/mol. The van der Waals surface area contributed by atoms with Gasteiger partial charge in [0.1, 0.15) is 5.82 Å². The number of aromatic nitrogens is 1. The summed E-state index contributed by atoms with van der Waals surface area (Å²) in [5.74, 6) is 0.823. The van der Waals surface area contributed by atoms with Crippen LogP contribution in [0.1, 0.15) is 15.9 Å². The Morgan fingerprint density at radius 3 is 2.18 bits per heavy atom. The largest absolute Gasteiger partial charge is 0.368 e. The highest BCUT2D eigenvalue weighted by atomic mass is 16.2. The lowest BCUT2D eigenvalue weighted by molar-refractivity contribution is 0.0746. The Labute approximate surface area is 165 Å². The van der Waals surface area contributed by atoms with E-state index in [1.165, 1.54) is 11.3 Å². The summed E-state index contributed by atoms with van der Waals surface area (Å²) in [4.78, 5) is 21.4. The summed E-state index contributed by atoms with van der Waals surface area (Å²) in [6.45, 7) is 3.85. The SMILES string of the molecule is O=C(c1ccc(NCc2ccccc2)nc1)N1CCN(c2ccccc2)CC1. The first-order chi connectivity index (χ1) is 13.8. The minimum Gasteiger partial charge on any atom is -0.368 e. The fraction of sp³-hybridized carbons (Fsp3) is 0.217. The predicted molar refractivity (Wildman–Crippen MR) is 113 cm³/mol. The monoisotopic (exact) mass is 372 g/mol. The Hall–Kier alpha value is -3.34. The van der Waals surface area contributed by atoms with Crippen molar-refractivity contribution in [2.45, 2.75) is 6.54 Å². The Morgan fingerprint density at radius 1 is 0.857 bits per heavy atom. The molecular formula is C23H24N4O. The van der Waals surface area contributed by atoms with E-state index in [9.17, 15) is 4.79 Å². The summed E-state index contributed by atoms with van der Waals surface area (Å²) in [5.41, 5.74) is 3.05. The molecule has 0 atom stereocenters. The number of nitrogens with zero attached hydrogens (tertiary/aromatic N) is 3. The number of hydrogen-bond donors (Lipinski definition) is 1. The van der Waals surface area contributed by atoms with Crippen molar-refractivity contribution in [3.8, 4) is 0 Å². The van der Waals surface area contributed by atoms with Crippen molar-refractivity contribution in [3.63, 3.8) is 0 Å². The summed E-state index contributed by atoms with van der Waals surface area (Å²) < 4.78 is 0. The van der Waals surface area contributed by atoms with Crippen molar-refractivity contribution >= 4 is 17.4 Å². The second-order valence-electron chi connectivity index (χ2n) is 6.89. The van der Waals surface area contributed by atoms with Gasteiger partial charge in [-0.1, -0.05) is 48.5 Å². The molecule has 0 aliphatic carbocycles. The lowest BCUT2D eigenvalue weighted by Gasteiger charge is -2.36. The lowest BCUT2D eigenvalue weighted by Crippen LogP contribution is -2.48. The molecular weight excluding hydrogens is 348 g/mol. The molecule has 1 amide bonds. The average Bonchev–Trinajstić information content (AvgIpc) is 2.79. The first-order valence-corrected chi connectivity index (χ1v) is 9.63. The van der Waals surface area contributed by atoms with Gasteiger partial charge in [-0.2, -0.15) is 0 Å². The molecule has 0 radical (unpaired) electrons. The maximum Gasteiger partial charge on any atom is 0.255 e. The molecule has 1 aliphatic heterocycles. The molecule has 5 heteroatoms. The van der Waals surface area contributed by atoms with Crippen LogP contribution in [0.4, 0.5) is 11.5 Å². The lowest BCUT2D eigenvalue weighted by atomic mass is 10.2. The summed E-state index contributed by atoms with van der Waals surface area (Å²) in [6, 6.07) is 24.2. The number of rotatable bonds is 5. The Morgan fingerprint density at radius 2 is 1.54 bits per heavy atom. The molecule has 1 N–H and O–H groups in total. The molecule has 1 fully saturated rings. The van der Waals surface area contributed by atoms with E-state index in [4.69, 9.17) is 0 Å². The number of piperazine rings is 1. The molecule has 1 aliphatic rings. The fourth-order valence-corrected chi connectivity index (χ4v) is 3.40. The molecule has 1 saturated heterocycles. The maximum atomic E-state index is 12.8. The van der Waals surface area contributed by atoms with Crippen molar-refractivity contribution in [2.24, 2.45) is 0 Å². The number of pyridine rings is 1. The molecule has 1 aromatic heterocycles. The first kappa shape index (κ1) is 18.0. The molecule has 0 saturated carbocycles. The number of anilines is 2. The molecule has 142 valence electrons. The molecule has 0 bridgehead atoms. The number of benzene rings is 2. The Bertz CT molecular complexity index is 889. The number of carbonyl (C=O) groups excluding carboxylic acids is 1. The van der Waals surface area contributed by atoms with Gasteiger partial charge in [0, 0.05) is 44.6 Å². The Kier molecular flexibility index (Phi) is 5.52. The minimum absolute atomic E-state index is 0.0508. The number of nitrogens with one attached hydrogen (secondary N) is 1. The second kappa shape index (κ2) is 8.57. The van der Waals surface area contributed by atoms with Gasteiger partial charge in [-0.3, -0.25) is 4.79 Å². The van der Waals surface area contributed by atoms with Crippen LogP contribution in [-0.2, 0) is 6.54 Å². The van der Waals surface area contributed by atoms with E-state index in [1.807, 2.05) is 53.4 Å². The fourth-order valence-electron chi connectivity index (χ4n) is 3.40. The van der Waals surface area contributed by atoms with Gasteiger partial charge in [-0.25, -0.2) is 4.98 Å². The van der Waals surface area contributed by atoms with Crippen LogP contribution in [0.3, 0.4) is 0 Å². The van der Waals surface area contributed by atoms with Crippen LogP contribution < -0.4 is 10.2 Å². The zero-order valence-corrected chi connectivity index (χ0v) is 15.8. The normalized spacial score (nSPS) is 14.0. The zero-order valence-electron chi connectivity index (χ0n) is 15.8. The smallest absolute Gasteiger partial charge is 0.255 e. The topological polar surface area (TPSA) is 48.5 Å². The van der Waals surface area contributed by atoms with Crippen LogP contribution >= 0.6 is 0 Å². The summed E-state index contributed by atoms with van der Waals surface area (Å²) in [7, 11) is 0. The van der Waals surface area contributed by atoms with E-state index in [0.29, 0.717) is 12.1 Å². The van der Waals surface area contributed by atoms with Gasteiger partial charge in [0.15, 0.2) is 0 Å². The Balaban J connectivity index is 1.31.